The number of aryl methyl sites for hydroxylation is 2. The van der Waals surface area contributed by atoms with Gasteiger partial charge >= 0.3 is 0 Å². The van der Waals surface area contributed by atoms with E-state index in [1.54, 1.807) is 0 Å². The largest absolute Gasteiger partial charge is 0.493 e. The topological polar surface area (TPSA) is 9.23 Å². The van der Waals surface area contributed by atoms with Crippen LogP contribution in [0.5, 0.6) is 5.75 Å². The maximum atomic E-state index is 5.66. The van der Waals surface area contributed by atoms with Crippen molar-refractivity contribution in [3.63, 3.8) is 0 Å². The highest BCUT2D eigenvalue weighted by Crippen LogP contribution is 2.19. The van der Waals surface area contributed by atoms with E-state index in [4.69, 9.17) is 4.74 Å². The molecule has 80 valence electrons. The van der Waals surface area contributed by atoms with Gasteiger partial charge in [-0.25, -0.2) is 0 Å². The van der Waals surface area contributed by atoms with E-state index >= 15 is 0 Å². The molecule has 0 spiro atoms. The first kappa shape index (κ1) is 13.0. The second-order valence-corrected chi connectivity index (χ2v) is 3.47. The van der Waals surface area contributed by atoms with Crippen molar-refractivity contribution in [2.75, 3.05) is 6.61 Å². The molecule has 0 amide bonds. The summed E-state index contributed by atoms with van der Waals surface area (Å²) in [6.07, 6.45) is 2.32. The molecule has 14 heavy (non-hydrogen) atoms. The molecule has 1 heteroatoms. The van der Waals surface area contributed by atoms with E-state index in [1.165, 1.54) is 17.5 Å². The van der Waals surface area contributed by atoms with Gasteiger partial charge in [0.15, 0.2) is 0 Å². The summed E-state index contributed by atoms with van der Waals surface area (Å²) in [5, 5.41) is 0. The molecule has 0 aromatic heterocycles. The second-order valence-electron chi connectivity index (χ2n) is 3.47. The van der Waals surface area contributed by atoms with Gasteiger partial charge in [0.25, 0.3) is 0 Å². The Kier molecular flexibility index (Phi) is 6.02. The number of ether oxygens (including phenoxy) is 1. The summed E-state index contributed by atoms with van der Waals surface area (Å²) in [7, 11) is 0. The van der Waals surface area contributed by atoms with Crippen molar-refractivity contribution in [3.05, 3.63) is 29.3 Å². The molecule has 0 aliphatic heterocycles. The van der Waals surface area contributed by atoms with E-state index in [9.17, 15) is 0 Å². The average molecular weight is 194 g/mol. The lowest BCUT2D eigenvalue weighted by atomic mass is 10.1. The van der Waals surface area contributed by atoms with Crippen LogP contribution >= 0.6 is 0 Å². The van der Waals surface area contributed by atoms with Crippen LogP contribution in [0.3, 0.4) is 0 Å². The Morgan fingerprint density at radius 2 is 1.93 bits per heavy atom. The molecule has 0 unspecified atom stereocenters. The zero-order chi connectivity index (χ0) is 9.68. The monoisotopic (exact) mass is 194 g/mol. The van der Waals surface area contributed by atoms with Gasteiger partial charge in [-0.3, -0.25) is 0 Å². The summed E-state index contributed by atoms with van der Waals surface area (Å²) in [4.78, 5) is 0. The van der Waals surface area contributed by atoms with E-state index in [0.717, 1.165) is 18.8 Å². The predicted octanol–water partition coefficient (Wildman–Crippen LogP) is 4.12. The van der Waals surface area contributed by atoms with E-state index in [-0.39, 0.29) is 7.43 Å². The van der Waals surface area contributed by atoms with Gasteiger partial charge in [0.05, 0.1) is 6.61 Å². The Morgan fingerprint density at radius 3 is 2.57 bits per heavy atom. The van der Waals surface area contributed by atoms with Gasteiger partial charge in [-0.1, -0.05) is 32.9 Å². The molecule has 0 fully saturated rings. The molecule has 1 nitrogen and oxygen atoms in total. The molecule has 0 saturated carbocycles. The molecule has 1 aromatic carbocycles. The maximum Gasteiger partial charge on any atom is 0.122 e. The van der Waals surface area contributed by atoms with E-state index in [0.29, 0.717) is 0 Å². The quantitative estimate of drug-likeness (QED) is 0.655. The summed E-state index contributed by atoms with van der Waals surface area (Å²) >= 11 is 0. The fourth-order valence-electron chi connectivity index (χ4n) is 1.19. The highest BCUT2D eigenvalue weighted by atomic mass is 16.5. The van der Waals surface area contributed by atoms with E-state index in [1.807, 2.05) is 0 Å². The molecule has 0 aliphatic rings. The zero-order valence-electron chi connectivity index (χ0n) is 8.76. The van der Waals surface area contributed by atoms with Gasteiger partial charge in [0.1, 0.15) is 5.75 Å². The SMILES string of the molecule is C.CCCCOc1cc(C)ccc1C. The molecular formula is C13H22O. The predicted molar refractivity (Wildman–Crippen MR) is 63.1 cm³/mol. The maximum absolute atomic E-state index is 5.66. The first-order valence-corrected chi connectivity index (χ1v) is 4.94. The van der Waals surface area contributed by atoms with Crippen molar-refractivity contribution in [2.45, 2.75) is 41.0 Å². The summed E-state index contributed by atoms with van der Waals surface area (Å²) in [6.45, 7) is 7.18. The van der Waals surface area contributed by atoms with Gasteiger partial charge in [-0.15, -0.1) is 0 Å². The fraction of sp³-hybridized carbons (Fsp3) is 0.538. The highest BCUT2D eigenvalue weighted by Gasteiger charge is 1.98. The Balaban J connectivity index is 0.00000169. The number of unbranched alkanes of at least 4 members (excludes halogenated alkanes) is 1. The molecule has 0 aliphatic carbocycles. The second kappa shape index (κ2) is 6.47. The molecule has 1 rings (SSSR count). The lowest BCUT2D eigenvalue weighted by Crippen LogP contribution is -1.98. The van der Waals surface area contributed by atoms with Crippen molar-refractivity contribution in [3.8, 4) is 5.75 Å². The van der Waals surface area contributed by atoms with Crippen LogP contribution in [0.4, 0.5) is 0 Å². The Hall–Kier alpha value is -0.980. The van der Waals surface area contributed by atoms with Gasteiger partial charge in [0, 0.05) is 0 Å². The van der Waals surface area contributed by atoms with Crippen molar-refractivity contribution in [2.24, 2.45) is 0 Å². The van der Waals surface area contributed by atoms with Gasteiger partial charge in [-0.2, -0.15) is 0 Å². The van der Waals surface area contributed by atoms with Crippen LogP contribution in [0.15, 0.2) is 18.2 Å². The number of benzene rings is 1. The Bertz CT molecular complexity index is 266. The summed E-state index contributed by atoms with van der Waals surface area (Å²) < 4.78 is 5.66. The summed E-state index contributed by atoms with van der Waals surface area (Å²) in [5.41, 5.74) is 2.49. The van der Waals surface area contributed by atoms with Crippen molar-refractivity contribution >= 4 is 0 Å². The normalized spacial score (nSPS) is 9.36. The fourth-order valence-corrected chi connectivity index (χ4v) is 1.19. The zero-order valence-corrected chi connectivity index (χ0v) is 8.76. The lowest BCUT2D eigenvalue weighted by Gasteiger charge is -2.08. The Morgan fingerprint density at radius 1 is 1.21 bits per heavy atom. The lowest BCUT2D eigenvalue weighted by molar-refractivity contribution is 0.307. The standard InChI is InChI=1S/C12H18O.CH4/c1-4-5-8-13-12-9-10(2)6-7-11(12)3;/h6-7,9H,4-5,8H2,1-3H3;1H4. The average Bonchev–Trinajstić information content (AvgIpc) is 2.11. The molecule has 0 heterocycles. The third kappa shape index (κ3) is 3.82. The minimum absolute atomic E-state index is 0. The summed E-state index contributed by atoms with van der Waals surface area (Å²) in [5.74, 6) is 1.04. The number of rotatable bonds is 4. The highest BCUT2D eigenvalue weighted by molar-refractivity contribution is 5.35. The molecule has 1 aromatic rings. The van der Waals surface area contributed by atoms with Crippen molar-refractivity contribution in [1.82, 2.24) is 0 Å². The van der Waals surface area contributed by atoms with E-state index in [2.05, 4.69) is 39.0 Å². The third-order valence-electron chi connectivity index (χ3n) is 2.10. The van der Waals surface area contributed by atoms with Crippen molar-refractivity contribution in [1.29, 1.82) is 0 Å². The number of hydrogen-bond acceptors (Lipinski definition) is 1. The third-order valence-corrected chi connectivity index (χ3v) is 2.10. The van der Waals surface area contributed by atoms with Gasteiger partial charge in [-0.05, 0) is 37.5 Å². The van der Waals surface area contributed by atoms with Crippen LogP contribution in [0.25, 0.3) is 0 Å². The molecular weight excluding hydrogens is 172 g/mol. The van der Waals surface area contributed by atoms with Crippen LogP contribution in [0, 0.1) is 13.8 Å². The minimum atomic E-state index is 0. The molecule has 0 radical (unpaired) electrons. The van der Waals surface area contributed by atoms with E-state index < -0.39 is 0 Å². The first-order chi connectivity index (χ1) is 6.24. The van der Waals surface area contributed by atoms with Crippen LogP contribution in [0.1, 0.15) is 38.3 Å². The Labute approximate surface area is 88.1 Å². The van der Waals surface area contributed by atoms with Crippen LogP contribution in [-0.2, 0) is 0 Å². The van der Waals surface area contributed by atoms with Crippen LogP contribution in [0.2, 0.25) is 0 Å². The first-order valence-electron chi connectivity index (χ1n) is 4.94. The van der Waals surface area contributed by atoms with Gasteiger partial charge < -0.3 is 4.74 Å². The van der Waals surface area contributed by atoms with Crippen LogP contribution in [-0.4, -0.2) is 6.61 Å². The summed E-state index contributed by atoms with van der Waals surface area (Å²) in [6, 6.07) is 6.32. The smallest absolute Gasteiger partial charge is 0.122 e. The van der Waals surface area contributed by atoms with Crippen molar-refractivity contribution < 1.29 is 4.74 Å². The molecule has 0 N–H and O–H groups in total. The number of hydrogen-bond donors (Lipinski definition) is 0. The van der Waals surface area contributed by atoms with Crippen LogP contribution < -0.4 is 4.74 Å². The molecule has 0 atom stereocenters. The van der Waals surface area contributed by atoms with Gasteiger partial charge in [0.2, 0.25) is 0 Å². The molecule has 0 saturated heterocycles. The molecule has 0 bridgehead atoms. The minimum Gasteiger partial charge on any atom is -0.493 e.